The highest BCUT2D eigenvalue weighted by Crippen LogP contribution is 2.40. The number of carbonyl (C=O) groups is 1. The van der Waals surface area contributed by atoms with Gasteiger partial charge in [-0.25, -0.2) is 8.78 Å². The van der Waals surface area contributed by atoms with Gasteiger partial charge in [-0.15, -0.1) is 11.8 Å². The summed E-state index contributed by atoms with van der Waals surface area (Å²) in [6, 6.07) is 17.4. The van der Waals surface area contributed by atoms with Crippen molar-refractivity contribution in [1.82, 2.24) is 4.90 Å². The zero-order valence-corrected chi connectivity index (χ0v) is 20.3. The summed E-state index contributed by atoms with van der Waals surface area (Å²) >= 11 is 1.43. The van der Waals surface area contributed by atoms with Crippen molar-refractivity contribution < 1.29 is 27.8 Å². The number of ether oxygens (including phenoxy) is 3. The number of benzene rings is 3. The van der Waals surface area contributed by atoms with Crippen molar-refractivity contribution in [2.45, 2.75) is 54.5 Å². The third-order valence-corrected chi connectivity index (χ3v) is 8.13. The summed E-state index contributed by atoms with van der Waals surface area (Å²) in [6.45, 7) is 0.234. The average Bonchev–Trinajstić information content (AvgIpc) is 3.46. The highest BCUT2D eigenvalue weighted by Gasteiger charge is 2.44. The van der Waals surface area contributed by atoms with Crippen LogP contribution < -0.4 is 14.2 Å². The highest BCUT2D eigenvalue weighted by molar-refractivity contribution is 7.98. The minimum Gasteiger partial charge on any atom is -0.490 e. The fourth-order valence-corrected chi connectivity index (χ4v) is 6.20. The van der Waals surface area contributed by atoms with Crippen molar-refractivity contribution in [2.24, 2.45) is 0 Å². The zero-order chi connectivity index (χ0) is 24.6. The van der Waals surface area contributed by atoms with Gasteiger partial charge in [-0.3, -0.25) is 4.79 Å². The fraction of sp³-hybridized carbons (Fsp3) is 0.321. The molecule has 3 heterocycles. The first-order valence-corrected chi connectivity index (χ1v) is 13.1. The van der Waals surface area contributed by atoms with Gasteiger partial charge in [0.1, 0.15) is 11.9 Å². The molecule has 5 nitrogen and oxygen atoms in total. The molecule has 8 heteroatoms. The third kappa shape index (κ3) is 4.62. The van der Waals surface area contributed by atoms with Gasteiger partial charge in [-0.1, -0.05) is 12.1 Å². The van der Waals surface area contributed by atoms with Crippen molar-refractivity contribution in [1.29, 1.82) is 0 Å². The predicted molar refractivity (Wildman–Crippen MR) is 132 cm³/mol. The molecule has 3 aromatic carbocycles. The van der Waals surface area contributed by atoms with E-state index in [0.717, 1.165) is 48.8 Å². The van der Waals surface area contributed by atoms with E-state index in [1.807, 2.05) is 47.4 Å². The van der Waals surface area contributed by atoms with E-state index < -0.39 is 11.6 Å². The Labute approximate surface area is 212 Å². The van der Waals surface area contributed by atoms with Gasteiger partial charge < -0.3 is 19.1 Å². The molecule has 0 N–H and O–H groups in total. The number of hydrogen-bond donors (Lipinski definition) is 0. The van der Waals surface area contributed by atoms with Gasteiger partial charge in [0.05, 0.1) is 0 Å². The van der Waals surface area contributed by atoms with Crippen LogP contribution in [0.1, 0.15) is 41.6 Å². The first-order chi connectivity index (χ1) is 17.5. The molecule has 6 rings (SSSR count). The summed E-state index contributed by atoms with van der Waals surface area (Å²) in [5.74, 6) is 1.17. The Balaban J connectivity index is 1.07. The van der Waals surface area contributed by atoms with E-state index in [2.05, 4.69) is 0 Å². The lowest BCUT2D eigenvalue weighted by Crippen LogP contribution is -2.49. The van der Waals surface area contributed by atoms with E-state index in [4.69, 9.17) is 14.2 Å². The Kier molecular flexibility index (Phi) is 6.21. The minimum absolute atomic E-state index is 0.0580. The number of piperidine rings is 1. The number of hydrogen-bond acceptors (Lipinski definition) is 5. The smallest absolute Gasteiger partial charge is 0.254 e. The molecule has 3 aliphatic rings. The van der Waals surface area contributed by atoms with Crippen molar-refractivity contribution in [2.75, 3.05) is 6.79 Å². The van der Waals surface area contributed by atoms with Gasteiger partial charge in [-0.2, -0.15) is 0 Å². The Bertz CT molecular complexity index is 1270. The van der Waals surface area contributed by atoms with Crippen LogP contribution in [0.2, 0.25) is 0 Å². The van der Waals surface area contributed by atoms with E-state index in [1.54, 1.807) is 6.07 Å². The maximum absolute atomic E-state index is 13.4. The Morgan fingerprint density at radius 2 is 1.67 bits per heavy atom. The number of carbonyl (C=O) groups excluding carboxylic acids is 1. The first-order valence-electron chi connectivity index (χ1n) is 12.1. The van der Waals surface area contributed by atoms with Crippen LogP contribution in [0.5, 0.6) is 17.2 Å². The standard InChI is InChI=1S/C28H25F2NO4S/c29-24-9-8-23(14-25(24)30)36-15-17-1-3-18(4-2-17)28(32)31-19-5-6-20(31)12-22(11-19)35-21-7-10-26-27(13-21)34-16-33-26/h1-4,7-10,13-14,19-20,22H,5-6,11-12,15-16H2. The Morgan fingerprint density at radius 3 is 2.42 bits per heavy atom. The fourth-order valence-electron chi connectivity index (χ4n) is 5.32. The number of thioether (sulfide) groups is 1. The van der Waals surface area contributed by atoms with E-state index >= 15 is 0 Å². The predicted octanol–water partition coefficient (Wildman–Crippen LogP) is 6.20. The molecule has 2 bridgehead atoms. The zero-order valence-electron chi connectivity index (χ0n) is 19.5. The number of fused-ring (bicyclic) bond motifs is 3. The summed E-state index contributed by atoms with van der Waals surface area (Å²) < 4.78 is 43.6. The molecule has 1 amide bonds. The van der Waals surface area contributed by atoms with Gasteiger partial charge in [0, 0.05) is 47.2 Å². The minimum atomic E-state index is -0.847. The molecule has 0 radical (unpaired) electrons. The molecule has 0 aliphatic carbocycles. The number of amides is 1. The Morgan fingerprint density at radius 1 is 0.917 bits per heavy atom. The van der Waals surface area contributed by atoms with Crippen molar-refractivity contribution in [3.8, 4) is 17.2 Å². The molecule has 2 fully saturated rings. The van der Waals surface area contributed by atoms with E-state index in [9.17, 15) is 13.6 Å². The molecule has 0 aromatic heterocycles. The van der Waals surface area contributed by atoms with Crippen LogP contribution in [0, 0.1) is 11.6 Å². The van der Waals surface area contributed by atoms with Crippen LogP contribution in [0.3, 0.4) is 0 Å². The second-order valence-corrected chi connectivity index (χ2v) is 10.4. The summed E-state index contributed by atoms with van der Waals surface area (Å²) in [5, 5.41) is 0. The van der Waals surface area contributed by atoms with E-state index in [-0.39, 0.29) is 30.9 Å². The van der Waals surface area contributed by atoms with Gasteiger partial charge >= 0.3 is 0 Å². The largest absolute Gasteiger partial charge is 0.490 e. The normalized spacial score (nSPS) is 22.1. The van der Waals surface area contributed by atoms with Gasteiger partial charge in [0.15, 0.2) is 23.1 Å². The maximum Gasteiger partial charge on any atom is 0.254 e. The molecule has 0 spiro atoms. The molecule has 2 saturated heterocycles. The summed E-state index contributed by atoms with van der Waals surface area (Å²) in [4.78, 5) is 16.1. The molecular formula is C28H25F2NO4S. The molecule has 36 heavy (non-hydrogen) atoms. The second-order valence-electron chi connectivity index (χ2n) is 9.39. The lowest BCUT2D eigenvalue weighted by molar-refractivity contribution is 0.0358. The summed E-state index contributed by atoms with van der Waals surface area (Å²) in [7, 11) is 0. The van der Waals surface area contributed by atoms with Crippen molar-refractivity contribution in [3.63, 3.8) is 0 Å². The van der Waals surface area contributed by atoms with Gasteiger partial charge in [0.25, 0.3) is 5.91 Å². The number of nitrogens with zero attached hydrogens (tertiary/aromatic N) is 1. The van der Waals surface area contributed by atoms with Crippen molar-refractivity contribution in [3.05, 3.63) is 83.4 Å². The molecule has 3 aromatic rings. The van der Waals surface area contributed by atoms with Crippen LogP contribution in [-0.4, -0.2) is 35.8 Å². The second kappa shape index (κ2) is 9.65. The van der Waals surface area contributed by atoms with E-state index in [1.165, 1.54) is 17.8 Å². The molecular weight excluding hydrogens is 484 g/mol. The highest BCUT2D eigenvalue weighted by atomic mass is 32.2. The summed E-state index contributed by atoms with van der Waals surface area (Å²) in [5.41, 5.74) is 1.68. The maximum atomic E-state index is 13.4. The number of rotatable bonds is 6. The SMILES string of the molecule is O=C(c1ccc(CSc2ccc(F)c(F)c2)cc1)N1C2CCC1CC(Oc1ccc3c(c1)OCO3)C2. The summed E-state index contributed by atoms with van der Waals surface area (Å²) in [6.07, 6.45) is 3.64. The van der Waals surface area contributed by atoms with Crippen LogP contribution in [-0.2, 0) is 5.75 Å². The average molecular weight is 510 g/mol. The third-order valence-electron chi connectivity index (χ3n) is 7.07. The van der Waals surface area contributed by atoms with Gasteiger partial charge in [0.2, 0.25) is 6.79 Å². The van der Waals surface area contributed by atoms with E-state index in [0.29, 0.717) is 22.0 Å². The van der Waals surface area contributed by atoms with Crippen LogP contribution in [0.15, 0.2) is 65.6 Å². The van der Waals surface area contributed by atoms with Crippen LogP contribution in [0.4, 0.5) is 8.78 Å². The molecule has 186 valence electrons. The lowest BCUT2D eigenvalue weighted by Gasteiger charge is -2.39. The molecule has 3 aliphatic heterocycles. The Hall–Kier alpha value is -3.26. The van der Waals surface area contributed by atoms with Crippen LogP contribution >= 0.6 is 11.8 Å². The lowest BCUT2D eigenvalue weighted by atomic mass is 9.98. The first kappa shape index (κ1) is 23.2. The van der Waals surface area contributed by atoms with Crippen LogP contribution in [0.25, 0.3) is 0 Å². The van der Waals surface area contributed by atoms with Crippen molar-refractivity contribution >= 4 is 17.7 Å². The molecule has 2 atom stereocenters. The molecule has 0 saturated carbocycles. The topological polar surface area (TPSA) is 48.0 Å². The number of halogens is 2. The monoisotopic (exact) mass is 509 g/mol. The molecule has 2 unspecified atom stereocenters. The van der Waals surface area contributed by atoms with Gasteiger partial charge in [-0.05, 0) is 60.9 Å². The quantitative estimate of drug-likeness (QED) is 0.370.